The second-order valence-electron chi connectivity index (χ2n) is 7.87. The van der Waals surface area contributed by atoms with Crippen LogP contribution in [0.2, 0.25) is 0 Å². The van der Waals surface area contributed by atoms with Crippen LogP contribution in [0.25, 0.3) is 16.7 Å². The largest absolute Gasteiger partial charge is 0.497 e. The standard InChI is InChI=1S/C24H28N6O3/c1-32-19-9-18(10-20(12-19)33-2)30(15-16-3-4-16)17-5-6-21-22(11-17)28-23(14-27-21)24(29-25)13-26-7-8-31/h5-6,9-14,16,25-26,31H,3-4,7-8,15H2,1-2H3/b24-13-,29-25?. The molecule has 1 aliphatic carbocycles. The van der Waals surface area contributed by atoms with Gasteiger partial charge in [0.2, 0.25) is 0 Å². The molecule has 9 heteroatoms. The lowest BCUT2D eigenvalue weighted by atomic mass is 10.1. The highest BCUT2D eigenvalue weighted by molar-refractivity contribution is 5.82. The van der Waals surface area contributed by atoms with Gasteiger partial charge in [-0.15, -0.1) is 0 Å². The van der Waals surface area contributed by atoms with Gasteiger partial charge in [0, 0.05) is 48.9 Å². The van der Waals surface area contributed by atoms with Crippen molar-refractivity contribution in [2.75, 3.05) is 38.8 Å². The number of anilines is 2. The summed E-state index contributed by atoms with van der Waals surface area (Å²) in [5.74, 6) is 2.11. The van der Waals surface area contributed by atoms with Gasteiger partial charge in [0.05, 0.1) is 38.1 Å². The number of aromatic nitrogens is 2. The van der Waals surface area contributed by atoms with Crippen LogP contribution < -0.4 is 19.7 Å². The number of ether oxygens (including phenoxy) is 2. The van der Waals surface area contributed by atoms with Crippen molar-refractivity contribution in [1.29, 1.82) is 5.53 Å². The summed E-state index contributed by atoms with van der Waals surface area (Å²) in [6.45, 7) is 1.23. The van der Waals surface area contributed by atoms with Crippen LogP contribution in [-0.4, -0.2) is 49.0 Å². The molecule has 4 rings (SSSR count). The quantitative estimate of drug-likeness (QED) is 0.299. The maximum atomic E-state index is 8.96. The Labute approximate surface area is 192 Å². The van der Waals surface area contributed by atoms with Crippen LogP contribution in [0.15, 0.2) is 53.9 Å². The molecular weight excluding hydrogens is 420 g/mol. The number of hydrogen-bond acceptors (Lipinski definition) is 9. The summed E-state index contributed by atoms with van der Waals surface area (Å²) in [5.41, 5.74) is 11.7. The van der Waals surface area contributed by atoms with Crippen molar-refractivity contribution < 1.29 is 14.6 Å². The predicted molar refractivity (Wildman–Crippen MR) is 127 cm³/mol. The third kappa shape index (κ3) is 5.38. The number of rotatable bonds is 11. The number of fused-ring (bicyclic) bond motifs is 1. The van der Waals surface area contributed by atoms with E-state index in [4.69, 9.17) is 25.1 Å². The zero-order valence-corrected chi connectivity index (χ0v) is 18.8. The van der Waals surface area contributed by atoms with Crippen molar-refractivity contribution in [2.45, 2.75) is 12.8 Å². The van der Waals surface area contributed by atoms with E-state index in [1.807, 2.05) is 36.4 Å². The first-order chi connectivity index (χ1) is 16.1. The third-order valence-electron chi connectivity index (χ3n) is 5.50. The molecule has 0 bridgehead atoms. The molecule has 0 amide bonds. The fraction of sp³-hybridized carbons (Fsp3) is 0.333. The summed E-state index contributed by atoms with van der Waals surface area (Å²) in [6, 6.07) is 11.9. The predicted octanol–water partition coefficient (Wildman–Crippen LogP) is 4.11. The van der Waals surface area contributed by atoms with Crippen LogP contribution in [0.4, 0.5) is 11.4 Å². The first kappa shape index (κ1) is 22.5. The molecule has 1 fully saturated rings. The maximum Gasteiger partial charge on any atom is 0.128 e. The highest BCUT2D eigenvalue weighted by Gasteiger charge is 2.26. The lowest BCUT2D eigenvalue weighted by Gasteiger charge is -2.26. The Morgan fingerprint density at radius 2 is 1.91 bits per heavy atom. The summed E-state index contributed by atoms with van der Waals surface area (Å²) in [5, 5.41) is 15.4. The van der Waals surface area contributed by atoms with E-state index < -0.39 is 0 Å². The summed E-state index contributed by atoms with van der Waals surface area (Å²) in [4.78, 5) is 11.5. The lowest BCUT2D eigenvalue weighted by Crippen LogP contribution is -2.20. The molecule has 1 aliphatic rings. The Morgan fingerprint density at radius 1 is 1.15 bits per heavy atom. The fourth-order valence-electron chi connectivity index (χ4n) is 3.55. The van der Waals surface area contributed by atoms with Crippen LogP contribution in [0.5, 0.6) is 11.5 Å². The second-order valence-corrected chi connectivity index (χ2v) is 7.87. The maximum absolute atomic E-state index is 8.96. The van der Waals surface area contributed by atoms with Gasteiger partial charge in [-0.25, -0.2) is 10.5 Å². The molecule has 172 valence electrons. The monoisotopic (exact) mass is 448 g/mol. The van der Waals surface area contributed by atoms with Gasteiger partial charge in [0.15, 0.2) is 0 Å². The molecule has 2 aromatic carbocycles. The van der Waals surface area contributed by atoms with Crippen LogP contribution >= 0.6 is 0 Å². The summed E-state index contributed by atoms with van der Waals surface area (Å²) >= 11 is 0. The highest BCUT2D eigenvalue weighted by Crippen LogP contribution is 2.38. The van der Waals surface area contributed by atoms with E-state index in [0.29, 0.717) is 29.4 Å². The SMILES string of the molecule is COc1cc(OC)cc(N(CC2CC2)c2ccc3ncc(/C(=C/NCCO)N=N)nc3c2)c1. The summed E-state index contributed by atoms with van der Waals surface area (Å²) in [7, 11) is 3.30. The van der Waals surface area contributed by atoms with Gasteiger partial charge >= 0.3 is 0 Å². The van der Waals surface area contributed by atoms with Gasteiger partial charge in [-0.3, -0.25) is 4.98 Å². The van der Waals surface area contributed by atoms with Crippen molar-refractivity contribution in [3.05, 3.63) is 54.5 Å². The minimum atomic E-state index is -0.0135. The van der Waals surface area contributed by atoms with Crippen molar-refractivity contribution >= 4 is 28.1 Å². The number of benzene rings is 2. The van der Waals surface area contributed by atoms with Crippen molar-refractivity contribution in [3.63, 3.8) is 0 Å². The number of aliphatic hydroxyl groups excluding tert-OH is 1. The molecule has 0 radical (unpaired) electrons. The fourth-order valence-corrected chi connectivity index (χ4v) is 3.55. The van der Waals surface area contributed by atoms with Gasteiger partial charge in [-0.05, 0) is 37.0 Å². The molecule has 1 saturated carbocycles. The van der Waals surface area contributed by atoms with Crippen molar-refractivity contribution in [2.24, 2.45) is 11.0 Å². The van der Waals surface area contributed by atoms with Gasteiger partial charge in [-0.2, -0.15) is 5.11 Å². The molecular formula is C24H28N6O3. The van der Waals surface area contributed by atoms with Crippen LogP contribution in [0, 0.1) is 11.4 Å². The number of aliphatic hydroxyl groups is 1. The van der Waals surface area contributed by atoms with E-state index in [9.17, 15) is 0 Å². The molecule has 0 aliphatic heterocycles. The van der Waals surface area contributed by atoms with E-state index in [1.165, 1.54) is 12.8 Å². The van der Waals surface area contributed by atoms with Crippen LogP contribution in [0.1, 0.15) is 18.5 Å². The summed E-state index contributed by atoms with van der Waals surface area (Å²) < 4.78 is 11.0. The van der Waals surface area contributed by atoms with Crippen LogP contribution in [-0.2, 0) is 0 Å². The first-order valence-electron chi connectivity index (χ1n) is 10.8. The average molecular weight is 449 g/mol. The topological polar surface area (TPSA) is 116 Å². The first-order valence-corrected chi connectivity index (χ1v) is 10.8. The average Bonchev–Trinajstić information content (AvgIpc) is 3.68. The van der Waals surface area contributed by atoms with E-state index in [-0.39, 0.29) is 6.61 Å². The molecule has 3 N–H and O–H groups in total. The van der Waals surface area contributed by atoms with Gasteiger partial charge in [0.25, 0.3) is 0 Å². The number of hydrogen-bond donors (Lipinski definition) is 3. The lowest BCUT2D eigenvalue weighted by molar-refractivity contribution is 0.298. The van der Waals surface area contributed by atoms with Crippen molar-refractivity contribution in [3.8, 4) is 11.5 Å². The van der Waals surface area contributed by atoms with E-state index >= 15 is 0 Å². The van der Waals surface area contributed by atoms with Crippen LogP contribution in [0.3, 0.4) is 0 Å². The minimum absolute atomic E-state index is 0.0135. The zero-order valence-electron chi connectivity index (χ0n) is 18.8. The smallest absolute Gasteiger partial charge is 0.128 e. The van der Waals surface area contributed by atoms with Gasteiger partial charge in [0.1, 0.15) is 22.9 Å². The Bertz CT molecular complexity index is 1140. The number of nitrogens with one attached hydrogen (secondary N) is 2. The second kappa shape index (κ2) is 10.3. The number of methoxy groups -OCH3 is 2. The third-order valence-corrected chi connectivity index (χ3v) is 5.50. The molecule has 1 heterocycles. The minimum Gasteiger partial charge on any atom is -0.497 e. The molecule has 1 aromatic heterocycles. The van der Waals surface area contributed by atoms with Gasteiger partial charge in [-0.1, -0.05) is 0 Å². The van der Waals surface area contributed by atoms with E-state index in [2.05, 4.69) is 20.3 Å². The Hall–Kier alpha value is -3.72. The zero-order chi connectivity index (χ0) is 23.2. The normalized spacial score (nSPS) is 13.6. The highest BCUT2D eigenvalue weighted by atomic mass is 16.5. The molecule has 0 unspecified atom stereocenters. The molecule has 0 spiro atoms. The van der Waals surface area contributed by atoms with E-state index in [0.717, 1.165) is 34.9 Å². The van der Waals surface area contributed by atoms with Gasteiger partial charge < -0.3 is 24.8 Å². The molecule has 0 saturated heterocycles. The summed E-state index contributed by atoms with van der Waals surface area (Å²) in [6.07, 6.45) is 5.59. The molecule has 3 aromatic rings. The molecule has 0 atom stereocenters. The Balaban J connectivity index is 1.74. The Morgan fingerprint density at radius 3 is 2.55 bits per heavy atom. The van der Waals surface area contributed by atoms with E-state index in [1.54, 1.807) is 26.6 Å². The molecule has 33 heavy (non-hydrogen) atoms. The van der Waals surface area contributed by atoms with Crippen molar-refractivity contribution in [1.82, 2.24) is 15.3 Å². The number of nitrogens with zero attached hydrogens (tertiary/aromatic N) is 4. The Kier molecular flexibility index (Phi) is 6.99. The molecule has 9 nitrogen and oxygen atoms in total.